The summed E-state index contributed by atoms with van der Waals surface area (Å²) in [5.41, 5.74) is 2.43. The molecule has 11 heteroatoms. The van der Waals surface area contributed by atoms with Crippen molar-refractivity contribution in [3.63, 3.8) is 0 Å². The van der Waals surface area contributed by atoms with E-state index in [1.807, 2.05) is 37.3 Å². The van der Waals surface area contributed by atoms with Gasteiger partial charge in [-0.25, -0.2) is 4.79 Å². The lowest BCUT2D eigenvalue weighted by Crippen LogP contribution is -2.43. The monoisotopic (exact) mass is 553 g/mol. The molecule has 1 aromatic heterocycles. The molecule has 2 heterocycles. The van der Waals surface area contributed by atoms with Crippen LogP contribution in [-0.4, -0.2) is 63.4 Å². The Kier molecular flexibility index (Phi) is 8.70. The van der Waals surface area contributed by atoms with E-state index in [2.05, 4.69) is 10.3 Å². The Bertz CT molecular complexity index is 1420. The largest absolute Gasteiger partial charge is 0.493 e. The van der Waals surface area contributed by atoms with Crippen LogP contribution < -0.4 is 14.8 Å². The molecule has 198 valence electrons. The number of carbonyl (C=O) groups excluding carboxylic acids is 2. The van der Waals surface area contributed by atoms with Crippen molar-refractivity contribution in [1.82, 2.24) is 15.2 Å². The summed E-state index contributed by atoms with van der Waals surface area (Å²) in [6, 6.07) is 11.8. The van der Waals surface area contributed by atoms with E-state index in [9.17, 15) is 19.5 Å². The van der Waals surface area contributed by atoms with Gasteiger partial charge in [-0.05, 0) is 42.3 Å². The van der Waals surface area contributed by atoms with Crippen LogP contribution in [0.2, 0.25) is 0 Å². The number of nitrogens with one attached hydrogen (secondary N) is 2. The fourth-order valence-corrected chi connectivity index (χ4v) is 5.40. The van der Waals surface area contributed by atoms with E-state index < -0.39 is 17.9 Å². The van der Waals surface area contributed by atoms with Gasteiger partial charge >= 0.3 is 5.97 Å². The molecule has 0 aliphatic carbocycles. The van der Waals surface area contributed by atoms with Gasteiger partial charge in [-0.3, -0.25) is 14.5 Å². The van der Waals surface area contributed by atoms with Crippen molar-refractivity contribution in [3.8, 4) is 11.5 Å². The second kappa shape index (κ2) is 12.1. The molecule has 0 bridgehead atoms. The number of fused-ring (bicyclic) bond motifs is 1. The van der Waals surface area contributed by atoms with Crippen molar-refractivity contribution in [2.75, 3.05) is 20.3 Å². The molecule has 1 atom stereocenters. The number of thioether (sulfide) groups is 1. The SMILES string of the molecule is CCOc1ccc(/C=C2\SC(=S)N(CCC(=O)NC(Cc3c[nH]c4ccccc34)C(=O)O)C2=O)cc1OC. The first-order valence-electron chi connectivity index (χ1n) is 11.9. The number of aromatic nitrogens is 1. The highest BCUT2D eigenvalue weighted by Crippen LogP contribution is 2.35. The zero-order valence-corrected chi connectivity index (χ0v) is 22.5. The number of aromatic amines is 1. The number of H-pyrrole nitrogens is 1. The van der Waals surface area contributed by atoms with Gasteiger partial charge in [-0.1, -0.05) is 48.2 Å². The first kappa shape index (κ1) is 27.2. The minimum Gasteiger partial charge on any atom is -0.493 e. The third-order valence-corrected chi connectivity index (χ3v) is 7.33. The van der Waals surface area contributed by atoms with Gasteiger partial charge in [-0.2, -0.15) is 0 Å². The number of thiocarbonyl (C=S) groups is 1. The van der Waals surface area contributed by atoms with Crippen LogP contribution in [0.25, 0.3) is 17.0 Å². The second-order valence-corrected chi connectivity index (χ2v) is 10.1. The molecule has 0 saturated carbocycles. The molecule has 1 unspecified atom stereocenters. The van der Waals surface area contributed by atoms with Gasteiger partial charge in [0.2, 0.25) is 5.91 Å². The highest BCUT2D eigenvalue weighted by Gasteiger charge is 2.32. The van der Waals surface area contributed by atoms with Gasteiger partial charge in [0, 0.05) is 36.5 Å². The Hall–Kier alpha value is -3.83. The standard InChI is InChI=1S/C27H27N3O6S2/c1-3-36-21-9-8-16(12-22(21)35-2)13-23-25(32)30(27(37)38-23)11-10-24(31)29-20(26(33)34)14-17-15-28-19-7-5-4-6-18(17)19/h4-9,12-13,15,20,28H,3,10-11,14H2,1-2H3,(H,29,31)(H,33,34)/b23-13-. The third kappa shape index (κ3) is 6.17. The Labute approximate surface area is 229 Å². The van der Waals surface area contributed by atoms with Crippen molar-refractivity contribution in [2.45, 2.75) is 25.8 Å². The van der Waals surface area contributed by atoms with Crippen molar-refractivity contribution < 1.29 is 29.0 Å². The van der Waals surface area contributed by atoms with Gasteiger partial charge < -0.3 is 24.9 Å². The van der Waals surface area contributed by atoms with E-state index >= 15 is 0 Å². The highest BCUT2D eigenvalue weighted by molar-refractivity contribution is 8.26. The number of methoxy groups -OCH3 is 1. The Morgan fingerprint density at radius 3 is 2.76 bits per heavy atom. The molecule has 2 aromatic carbocycles. The number of carboxylic acids is 1. The van der Waals surface area contributed by atoms with Crippen molar-refractivity contribution in [3.05, 3.63) is 64.7 Å². The van der Waals surface area contributed by atoms with Crippen molar-refractivity contribution >= 4 is 63.1 Å². The molecule has 0 spiro atoms. The number of amides is 2. The van der Waals surface area contributed by atoms with Gasteiger partial charge in [0.05, 0.1) is 18.6 Å². The number of ether oxygens (including phenoxy) is 2. The predicted octanol–water partition coefficient (Wildman–Crippen LogP) is 3.98. The average Bonchev–Trinajstić information content (AvgIpc) is 3.43. The fourth-order valence-electron chi connectivity index (χ4n) is 4.09. The Morgan fingerprint density at radius 1 is 1.24 bits per heavy atom. The fraction of sp³-hybridized carbons (Fsp3) is 0.259. The van der Waals surface area contributed by atoms with Gasteiger partial charge in [0.1, 0.15) is 10.4 Å². The van der Waals surface area contributed by atoms with E-state index in [1.165, 1.54) is 4.90 Å². The topological polar surface area (TPSA) is 121 Å². The maximum atomic E-state index is 13.0. The van der Waals surface area contributed by atoms with Gasteiger partial charge in [0.25, 0.3) is 5.91 Å². The summed E-state index contributed by atoms with van der Waals surface area (Å²) in [7, 11) is 1.54. The lowest BCUT2D eigenvalue weighted by Gasteiger charge is -2.17. The molecule has 1 fully saturated rings. The maximum absolute atomic E-state index is 13.0. The summed E-state index contributed by atoms with van der Waals surface area (Å²) < 4.78 is 11.2. The molecule has 2 amide bonds. The minimum absolute atomic E-state index is 0.0415. The predicted molar refractivity (Wildman–Crippen MR) is 150 cm³/mol. The number of carboxylic acid groups (broad SMARTS) is 1. The summed E-state index contributed by atoms with van der Waals surface area (Å²) in [5.74, 6) is -0.771. The number of carbonyl (C=O) groups is 3. The molecule has 1 aliphatic rings. The van der Waals surface area contributed by atoms with Crippen LogP contribution in [0.1, 0.15) is 24.5 Å². The van der Waals surface area contributed by atoms with Gasteiger partial charge in [-0.15, -0.1) is 0 Å². The van der Waals surface area contributed by atoms with Crippen LogP contribution in [0.4, 0.5) is 0 Å². The molecular formula is C27H27N3O6S2. The van der Waals surface area contributed by atoms with Crippen molar-refractivity contribution in [2.24, 2.45) is 0 Å². The molecule has 3 N–H and O–H groups in total. The molecule has 9 nitrogen and oxygen atoms in total. The lowest BCUT2D eigenvalue weighted by atomic mass is 10.0. The van der Waals surface area contributed by atoms with Crippen molar-refractivity contribution in [1.29, 1.82) is 0 Å². The molecule has 3 aromatic rings. The van der Waals surface area contributed by atoms with E-state index in [4.69, 9.17) is 21.7 Å². The second-order valence-electron chi connectivity index (χ2n) is 8.45. The summed E-state index contributed by atoms with van der Waals surface area (Å²) in [4.78, 5) is 42.4. The number of aliphatic carboxylic acids is 1. The quantitative estimate of drug-likeness (QED) is 0.241. The van der Waals surface area contributed by atoms with E-state index in [0.29, 0.717) is 27.3 Å². The van der Waals surface area contributed by atoms with E-state index in [1.54, 1.807) is 31.5 Å². The number of hydrogen-bond donors (Lipinski definition) is 3. The summed E-state index contributed by atoms with van der Waals surface area (Å²) >= 11 is 6.52. The van der Waals surface area contributed by atoms with Crippen LogP contribution in [0.5, 0.6) is 11.5 Å². The van der Waals surface area contributed by atoms with Crippen LogP contribution in [0.3, 0.4) is 0 Å². The number of benzene rings is 2. The minimum atomic E-state index is -1.14. The number of nitrogens with zero attached hydrogens (tertiary/aromatic N) is 1. The Morgan fingerprint density at radius 2 is 2.03 bits per heavy atom. The maximum Gasteiger partial charge on any atom is 0.326 e. The highest BCUT2D eigenvalue weighted by atomic mass is 32.2. The lowest BCUT2D eigenvalue weighted by molar-refractivity contribution is -0.141. The summed E-state index contributed by atoms with van der Waals surface area (Å²) in [6.45, 7) is 2.42. The molecule has 4 rings (SSSR count). The first-order valence-corrected chi connectivity index (χ1v) is 13.2. The van der Waals surface area contributed by atoms with Crippen LogP contribution >= 0.6 is 24.0 Å². The van der Waals surface area contributed by atoms with Gasteiger partial charge in [0.15, 0.2) is 11.5 Å². The molecular weight excluding hydrogens is 526 g/mol. The number of hydrogen-bond acceptors (Lipinski definition) is 7. The average molecular weight is 554 g/mol. The number of para-hydroxylation sites is 1. The van der Waals surface area contributed by atoms with Crippen LogP contribution in [0, 0.1) is 0 Å². The smallest absolute Gasteiger partial charge is 0.326 e. The van der Waals surface area contributed by atoms with Crippen LogP contribution in [-0.2, 0) is 20.8 Å². The zero-order valence-electron chi connectivity index (χ0n) is 20.9. The molecule has 38 heavy (non-hydrogen) atoms. The number of rotatable bonds is 11. The first-order chi connectivity index (χ1) is 18.3. The van der Waals surface area contributed by atoms with E-state index in [0.717, 1.165) is 33.8 Å². The molecule has 0 radical (unpaired) electrons. The molecule has 1 aliphatic heterocycles. The Balaban J connectivity index is 1.37. The normalized spacial score (nSPS) is 15.2. The summed E-state index contributed by atoms with van der Waals surface area (Å²) in [5, 5.41) is 13.2. The van der Waals surface area contributed by atoms with Crippen LogP contribution in [0.15, 0.2) is 53.6 Å². The summed E-state index contributed by atoms with van der Waals surface area (Å²) in [6.07, 6.45) is 3.49. The zero-order chi connectivity index (χ0) is 27.2. The molecule has 1 saturated heterocycles. The van der Waals surface area contributed by atoms with E-state index in [-0.39, 0.29) is 25.3 Å². The third-order valence-electron chi connectivity index (χ3n) is 5.95.